The molecular weight excluding hydrogens is 322 g/mol. The first-order valence-corrected chi connectivity index (χ1v) is 9.10. The van der Waals surface area contributed by atoms with Crippen molar-refractivity contribution >= 4 is 22.4 Å². The van der Waals surface area contributed by atoms with Crippen LogP contribution >= 0.6 is 11.3 Å². The van der Waals surface area contributed by atoms with Gasteiger partial charge in [-0.25, -0.2) is 4.98 Å². The summed E-state index contributed by atoms with van der Waals surface area (Å²) >= 11 is 1.43. The number of aromatic nitrogens is 1. The van der Waals surface area contributed by atoms with Gasteiger partial charge in [-0.3, -0.25) is 4.79 Å². The topological polar surface area (TPSA) is 77.2 Å². The molecule has 5 nitrogen and oxygen atoms in total. The van der Waals surface area contributed by atoms with Gasteiger partial charge in [-0.1, -0.05) is 23.8 Å². The molecule has 24 heavy (non-hydrogen) atoms. The van der Waals surface area contributed by atoms with E-state index in [1.54, 1.807) is 0 Å². The van der Waals surface area contributed by atoms with E-state index < -0.39 is 6.04 Å². The Morgan fingerprint density at radius 2 is 2.12 bits per heavy atom. The number of hydrogen-bond donors (Lipinski definition) is 2. The van der Waals surface area contributed by atoms with E-state index in [4.69, 9.17) is 10.5 Å². The minimum absolute atomic E-state index is 0.163. The van der Waals surface area contributed by atoms with E-state index in [1.807, 2.05) is 5.38 Å². The summed E-state index contributed by atoms with van der Waals surface area (Å²) < 4.78 is 5.32. The number of anilines is 1. The summed E-state index contributed by atoms with van der Waals surface area (Å²) in [4.78, 5) is 16.9. The summed E-state index contributed by atoms with van der Waals surface area (Å²) in [6.45, 7) is 5.50. The Kier molecular flexibility index (Phi) is 5.28. The standard InChI is InChI=1S/C18H23N3O2S/c1-11-3-4-14(12(2)9-11)15-10-24-18(20-15)21-17(22)16(19)13-5-7-23-8-6-13/h3-4,9-10,13,16H,5-8,19H2,1-2H3,(H,20,21,22). The quantitative estimate of drug-likeness (QED) is 0.892. The van der Waals surface area contributed by atoms with Gasteiger partial charge in [0.15, 0.2) is 5.13 Å². The molecule has 1 aliphatic heterocycles. The Hall–Kier alpha value is -1.76. The molecule has 1 atom stereocenters. The third-order valence-electron chi connectivity index (χ3n) is 4.47. The first-order chi connectivity index (χ1) is 11.5. The highest BCUT2D eigenvalue weighted by Gasteiger charge is 2.27. The Bertz CT molecular complexity index is 723. The van der Waals surface area contributed by atoms with Crippen LogP contribution in [0.3, 0.4) is 0 Å². The van der Waals surface area contributed by atoms with Gasteiger partial charge in [-0.2, -0.15) is 0 Å². The van der Waals surface area contributed by atoms with Crippen molar-refractivity contribution in [2.24, 2.45) is 11.7 Å². The zero-order valence-electron chi connectivity index (χ0n) is 14.0. The van der Waals surface area contributed by atoms with Crippen molar-refractivity contribution in [1.82, 2.24) is 4.98 Å². The van der Waals surface area contributed by atoms with E-state index in [0.29, 0.717) is 18.3 Å². The second kappa shape index (κ2) is 7.42. The van der Waals surface area contributed by atoms with Crippen molar-refractivity contribution in [1.29, 1.82) is 0 Å². The molecule has 2 heterocycles. The number of benzene rings is 1. The Labute approximate surface area is 146 Å². The highest BCUT2D eigenvalue weighted by atomic mass is 32.1. The SMILES string of the molecule is Cc1ccc(-c2csc(NC(=O)C(N)C3CCOCC3)n2)c(C)c1. The van der Waals surface area contributed by atoms with E-state index in [1.165, 1.54) is 22.5 Å². The molecule has 0 aliphatic carbocycles. The Morgan fingerprint density at radius 3 is 2.83 bits per heavy atom. The van der Waals surface area contributed by atoms with Crippen LogP contribution in [-0.2, 0) is 9.53 Å². The number of nitrogens with one attached hydrogen (secondary N) is 1. The van der Waals surface area contributed by atoms with Gasteiger partial charge in [-0.05, 0) is 38.2 Å². The summed E-state index contributed by atoms with van der Waals surface area (Å²) in [7, 11) is 0. The number of nitrogens with two attached hydrogens (primary N) is 1. The lowest BCUT2D eigenvalue weighted by molar-refractivity contribution is -0.119. The zero-order valence-corrected chi connectivity index (χ0v) is 14.9. The molecule has 1 saturated heterocycles. The fourth-order valence-electron chi connectivity index (χ4n) is 3.03. The van der Waals surface area contributed by atoms with E-state index in [-0.39, 0.29) is 11.8 Å². The predicted molar refractivity (Wildman–Crippen MR) is 97.2 cm³/mol. The van der Waals surface area contributed by atoms with Crippen LogP contribution in [0.1, 0.15) is 24.0 Å². The third kappa shape index (κ3) is 3.83. The lowest BCUT2D eigenvalue weighted by Crippen LogP contribution is -2.43. The van der Waals surface area contributed by atoms with Crippen LogP contribution in [0.4, 0.5) is 5.13 Å². The van der Waals surface area contributed by atoms with Gasteiger partial charge in [-0.15, -0.1) is 11.3 Å². The Morgan fingerprint density at radius 1 is 1.38 bits per heavy atom. The van der Waals surface area contributed by atoms with Crippen molar-refractivity contribution in [3.8, 4) is 11.3 Å². The minimum atomic E-state index is -0.512. The number of amides is 1. The summed E-state index contributed by atoms with van der Waals surface area (Å²) in [6.07, 6.45) is 1.67. The molecule has 1 unspecified atom stereocenters. The summed E-state index contributed by atoms with van der Waals surface area (Å²) in [6, 6.07) is 5.76. The average molecular weight is 345 g/mol. The average Bonchev–Trinajstić information content (AvgIpc) is 3.03. The number of nitrogens with zero attached hydrogens (tertiary/aromatic N) is 1. The number of rotatable bonds is 4. The fourth-order valence-corrected chi connectivity index (χ4v) is 3.75. The molecule has 0 radical (unpaired) electrons. The monoisotopic (exact) mass is 345 g/mol. The number of thiazole rings is 1. The molecule has 3 rings (SSSR count). The van der Waals surface area contributed by atoms with Crippen molar-refractivity contribution < 1.29 is 9.53 Å². The Balaban J connectivity index is 1.68. The van der Waals surface area contributed by atoms with Crippen LogP contribution in [0.2, 0.25) is 0 Å². The van der Waals surface area contributed by atoms with Crippen LogP contribution in [0.5, 0.6) is 0 Å². The number of aryl methyl sites for hydroxylation is 2. The lowest BCUT2D eigenvalue weighted by atomic mass is 9.92. The van der Waals surface area contributed by atoms with Crippen molar-refractivity contribution in [2.75, 3.05) is 18.5 Å². The van der Waals surface area contributed by atoms with E-state index >= 15 is 0 Å². The molecule has 128 valence electrons. The molecule has 1 fully saturated rings. The van der Waals surface area contributed by atoms with Gasteiger partial charge in [0.25, 0.3) is 0 Å². The van der Waals surface area contributed by atoms with Crippen LogP contribution < -0.4 is 11.1 Å². The molecule has 1 aliphatic rings. The van der Waals surface area contributed by atoms with Crippen LogP contribution in [0, 0.1) is 19.8 Å². The maximum atomic E-state index is 12.4. The molecule has 0 saturated carbocycles. The fraction of sp³-hybridized carbons (Fsp3) is 0.444. The minimum Gasteiger partial charge on any atom is -0.381 e. The third-order valence-corrected chi connectivity index (χ3v) is 5.23. The molecule has 0 spiro atoms. The summed E-state index contributed by atoms with van der Waals surface area (Å²) in [5, 5.41) is 5.42. The van der Waals surface area contributed by atoms with Crippen molar-refractivity contribution in [2.45, 2.75) is 32.7 Å². The normalized spacial score (nSPS) is 16.8. The first-order valence-electron chi connectivity index (χ1n) is 8.22. The molecule has 3 N–H and O–H groups in total. The summed E-state index contributed by atoms with van der Waals surface area (Å²) in [5.41, 5.74) is 10.5. The number of carbonyl (C=O) groups excluding carboxylic acids is 1. The molecule has 1 amide bonds. The van der Waals surface area contributed by atoms with Gasteiger partial charge >= 0.3 is 0 Å². The van der Waals surface area contributed by atoms with Crippen molar-refractivity contribution in [3.63, 3.8) is 0 Å². The zero-order chi connectivity index (χ0) is 17.1. The molecule has 6 heteroatoms. The maximum Gasteiger partial charge on any atom is 0.243 e. The number of ether oxygens (including phenoxy) is 1. The van der Waals surface area contributed by atoms with E-state index in [2.05, 4.69) is 42.3 Å². The second-order valence-corrected chi connectivity index (χ2v) is 7.18. The summed E-state index contributed by atoms with van der Waals surface area (Å²) in [5.74, 6) is 0.0148. The number of carbonyl (C=O) groups is 1. The van der Waals surface area contributed by atoms with Crippen LogP contribution in [0.25, 0.3) is 11.3 Å². The van der Waals surface area contributed by atoms with Gasteiger partial charge in [0.1, 0.15) is 0 Å². The van der Waals surface area contributed by atoms with Gasteiger partial charge in [0.2, 0.25) is 5.91 Å². The van der Waals surface area contributed by atoms with Crippen molar-refractivity contribution in [3.05, 3.63) is 34.7 Å². The van der Waals surface area contributed by atoms with Gasteiger partial charge < -0.3 is 15.8 Å². The van der Waals surface area contributed by atoms with Crippen LogP contribution in [-0.4, -0.2) is 30.1 Å². The highest BCUT2D eigenvalue weighted by Crippen LogP contribution is 2.28. The lowest BCUT2D eigenvalue weighted by Gasteiger charge is -2.26. The smallest absolute Gasteiger partial charge is 0.243 e. The molecule has 1 aromatic carbocycles. The molecule has 1 aromatic heterocycles. The van der Waals surface area contributed by atoms with E-state index in [0.717, 1.165) is 24.1 Å². The molecule has 2 aromatic rings. The highest BCUT2D eigenvalue weighted by molar-refractivity contribution is 7.14. The molecular formula is C18H23N3O2S. The van der Waals surface area contributed by atoms with Gasteiger partial charge in [0, 0.05) is 24.2 Å². The second-order valence-electron chi connectivity index (χ2n) is 6.32. The first kappa shape index (κ1) is 17.1. The molecule has 0 bridgehead atoms. The van der Waals surface area contributed by atoms with Gasteiger partial charge in [0.05, 0.1) is 11.7 Å². The van der Waals surface area contributed by atoms with Crippen LogP contribution in [0.15, 0.2) is 23.6 Å². The maximum absolute atomic E-state index is 12.4. The number of hydrogen-bond acceptors (Lipinski definition) is 5. The largest absolute Gasteiger partial charge is 0.381 e. The van der Waals surface area contributed by atoms with E-state index in [9.17, 15) is 4.79 Å². The predicted octanol–water partition coefficient (Wildman–Crippen LogP) is 3.12.